The molecule has 0 unspecified atom stereocenters. The third-order valence-corrected chi connectivity index (χ3v) is 8.36. The minimum atomic E-state index is -0.315. The van der Waals surface area contributed by atoms with E-state index in [0.717, 1.165) is 22.3 Å². The Morgan fingerprint density at radius 3 is 2.68 bits per heavy atom. The van der Waals surface area contributed by atoms with E-state index in [1.54, 1.807) is 37.3 Å². The molecule has 2 aromatic heterocycles. The lowest BCUT2D eigenvalue weighted by Gasteiger charge is -2.36. The molecule has 0 saturated carbocycles. The van der Waals surface area contributed by atoms with Gasteiger partial charge in [-0.05, 0) is 37.1 Å². The van der Waals surface area contributed by atoms with Crippen molar-refractivity contribution < 1.29 is 19.1 Å². The second-order valence-corrected chi connectivity index (χ2v) is 11.5. The molecule has 0 radical (unpaired) electrons. The number of methoxy groups -OCH3 is 1. The molecular formula is C30H34N6O4S. The largest absolute Gasteiger partial charge is 0.491 e. The smallest absolute Gasteiger partial charge is 0.284 e. The van der Waals surface area contributed by atoms with E-state index < -0.39 is 0 Å². The Hall–Kier alpha value is -3.93. The van der Waals surface area contributed by atoms with Gasteiger partial charge >= 0.3 is 0 Å². The molecule has 5 rings (SSSR count). The van der Waals surface area contributed by atoms with Crippen molar-refractivity contribution in [2.75, 3.05) is 39.2 Å². The lowest BCUT2D eigenvalue weighted by Crippen LogP contribution is -2.46. The van der Waals surface area contributed by atoms with Crippen LogP contribution in [0.5, 0.6) is 5.75 Å². The number of amides is 2. The first-order chi connectivity index (χ1) is 19.8. The van der Waals surface area contributed by atoms with E-state index in [0.29, 0.717) is 41.7 Å². The Bertz CT molecular complexity index is 1480. The van der Waals surface area contributed by atoms with Crippen LogP contribution in [0.2, 0.25) is 0 Å². The average Bonchev–Trinajstić information content (AvgIpc) is 3.43. The summed E-state index contributed by atoms with van der Waals surface area (Å²) in [6.07, 6.45) is 4.99. The number of rotatable bonds is 5. The van der Waals surface area contributed by atoms with Crippen LogP contribution in [0, 0.1) is 5.92 Å². The van der Waals surface area contributed by atoms with Crippen molar-refractivity contribution in [3.05, 3.63) is 77.3 Å². The molecule has 1 aliphatic heterocycles. The number of benzene rings is 2. The molecule has 0 spiro atoms. The highest BCUT2D eigenvalue weighted by Crippen LogP contribution is 2.28. The summed E-state index contributed by atoms with van der Waals surface area (Å²) >= 11 is 1.33. The molecule has 2 aromatic carbocycles. The molecule has 214 valence electrons. The fraction of sp³-hybridized carbons (Fsp3) is 0.367. The quantitative estimate of drug-likeness (QED) is 0.375. The number of carbonyl (C=O) groups is 2. The molecule has 10 nitrogen and oxygen atoms in total. The molecule has 11 heteroatoms. The predicted molar refractivity (Wildman–Crippen MR) is 158 cm³/mol. The van der Waals surface area contributed by atoms with Crippen molar-refractivity contribution in [1.82, 2.24) is 24.8 Å². The monoisotopic (exact) mass is 574 g/mol. The van der Waals surface area contributed by atoms with Gasteiger partial charge in [-0.15, -0.1) is 11.3 Å². The normalized spacial score (nSPS) is 20.5. The molecule has 4 aromatic rings. The van der Waals surface area contributed by atoms with E-state index in [9.17, 15) is 9.59 Å². The Morgan fingerprint density at radius 2 is 1.93 bits per heavy atom. The van der Waals surface area contributed by atoms with Gasteiger partial charge in [-0.3, -0.25) is 14.5 Å². The van der Waals surface area contributed by atoms with Crippen LogP contribution in [-0.2, 0) is 11.3 Å². The fourth-order valence-electron chi connectivity index (χ4n) is 4.95. The topological polar surface area (TPSA) is 110 Å². The van der Waals surface area contributed by atoms with Crippen LogP contribution in [0.4, 0.5) is 5.69 Å². The zero-order valence-corrected chi connectivity index (χ0v) is 24.4. The van der Waals surface area contributed by atoms with Crippen molar-refractivity contribution in [1.29, 1.82) is 0 Å². The molecule has 3 atom stereocenters. The summed E-state index contributed by atoms with van der Waals surface area (Å²) in [6, 6.07) is 12.7. The highest BCUT2D eigenvalue weighted by Gasteiger charge is 2.28. The maximum absolute atomic E-state index is 13.5. The number of anilines is 1. The van der Waals surface area contributed by atoms with Gasteiger partial charge in [0.25, 0.3) is 11.8 Å². The second-order valence-electron chi connectivity index (χ2n) is 10.4. The third kappa shape index (κ3) is 6.70. The van der Waals surface area contributed by atoms with Crippen LogP contribution < -0.4 is 10.1 Å². The molecule has 3 heterocycles. The molecule has 41 heavy (non-hydrogen) atoms. The van der Waals surface area contributed by atoms with Crippen LogP contribution >= 0.6 is 11.3 Å². The van der Waals surface area contributed by atoms with Crippen molar-refractivity contribution in [3.8, 4) is 5.75 Å². The van der Waals surface area contributed by atoms with E-state index >= 15 is 0 Å². The van der Waals surface area contributed by atoms with Crippen molar-refractivity contribution in [3.63, 3.8) is 0 Å². The fourth-order valence-corrected chi connectivity index (χ4v) is 5.81. The molecule has 0 fully saturated rings. The molecule has 0 aliphatic carbocycles. The highest BCUT2D eigenvalue weighted by molar-refractivity contribution is 7.20. The summed E-state index contributed by atoms with van der Waals surface area (Å²) in [7, 11) is 3.45. The van der Waals surface area contributed by atoms with Gasteiger partial charge in [0.1, 0.15) is 18.7 Å². The van der Waals surface area contributed by atoms with Crippen molar-refractivity contribution >= 4 is 39.1 Å². The number of para-hydroxylation sites is 1. The summed E-state index contributed by atoms with van der Waals surface area (Å²) in [4.78, 5) is 43.3. The minimum absolute atomic E-state index is 0.00346. The van der Waals surface area contributed by atoms with Crippen LogP contribution in [0.3, 0.4) is 0 Å². The molecule has 1 N–H and O–H groups in total. The summed E-state index contributed by atoms with van der Waals surface area (Å²) in [5, 5.41) is 3.28. The molecule has 0 bridgehead atoms. The van der Waals surface area contributed by atoms with Gasteiger partial charge in [0.2, 0.25) is 0 Å². The Balaban J connectivity index is 1.42. The number of likely N-dealkylation sites (N-methyl/N-ethyl adjacent to an activating group) is 1. The van der Waals surface area contributed by atoms with Crippen LogP contribution in [0.15, 0.2) is 61.2 Å². The lowest BCUT2D eigenvalue weighted by molar-refractivity contribution is 0.00918. The van der Waals surface area contributed by atoms with Gasteiger partial charge in [-0.2, -0.15) is 0 Å². The van der Waals surface area contributed by atoms with E-state index in [4.69, 9.17) is 9.47 Å². The number of nitrogens with one attached hydrogen (secondary N) is 1. The number of aromatic nitrogens is 3. The molecule has 2 amide bonds. The zero-order valence-electron chi connectivity index (χ0n) is 23.6. The Morgan fingerprint density at radius 1 is 1.15 bits per heavy atom. The van der Waals surface area contributed by atoms with Crippen LogP contribution in [0.1, 0.15) is 39.6 Å². The number of thiazole rings is 1. The van der Waals surface area contributed by atoms with Gasteiger partial charge in [0.15, 0.2) is 5.01 Å². The maximum Gasteiger partial charge on any atom is 0.284 e. The van der Waals surface area contributed by atoms with Crippen LogP contribution in [-0.4, -0.2) is 82.6 Å². The summed E-state index contributed by atoms with van der Waals surface area (Å²) in [5.74, 6) is 0.0526. The molecule has 1 aliphatic rings. The van der Waals surface area contributed by atoms with Gasteiger partial charge in [0.05, 0.1) is 21.9 Å². The zero-order chi connectivity index (χ0) is 28.9. The summed E-state index contributed by atoms with van der Waals surface area (Å²) in [5.41, 5.74) is 2.72. The van der Waals surface area contributed by atoms with E-state index in [1.165, 1.54) is 17.7 Å². The lowest BCUT2D eigenvalue weighted by atomic mass is 10.0. The SMILES string of the molecule is CO[C@H]1CN(C)C(=O)c2ccc(NC(=O)c3nc4ccccc4s3)cc2OC[C@H](C)N(Cc2cncnc2)C[C@@H]1C. The number of nitrogens with zero attached hydrogens (tertiary/aromatic N) is 5. The number of hydrogen-bond donors (Lipinski definition) is 1. The summed E-state index contributed by atoms with van der Waals surface area (Å²) < 4.78 is 13.1. The second kappa shape index (κ2) is 12.7. The average molecular weight is 575 g/mol. The van der Waals surface area contributed by atoms with E-state index in [1.807, 2.05) is 36.7 Å². The van der Waals surface area contributed by atoms with Gasteiger partial charge in [-0.1, -0.05) is 19.1 Å². The number of hydrogen-bond acceptors (Lipinski definition) is 9. The number of fused-ring (bicyclic) bond motifs is 2. The third-order valence-electron chi connectivity index (χ3n) is 7.32. The van der Waals surface area contributed by atoms with Crippen molar-refractivity contribution in [2.45, 2.75) is 32.5 Å². The first-order valence-corrected chi connectivity index (χ1v) is 14.3. The summed E-state index contributed by atoms with van der Waals surface area (Å²) in [6.45, 7) is 6.35. The first kappa shape index (κ1) is 28.6. The number of carbonyl (C=O) groups excluding carboxylic acids is 2. The van der Waals surface area contributed by atoms with Crippen LogP contribution in [0.25, 0.3) is 10.2 Å². The molecular weight excluding hydrogens is 540 g/mol. The van der Waals surface area contributed by atoms with E-state index in [2.05, 4.69) is 39.0 Å². The Kier molecular flexibility index (Phi) is 8.87. The highest BCUT2D eigenvalue weighted by atomic mass is 32.1. The van der Waals surface area contributed by atoms with Crippen molar-refractivity contribution in [2.24, 2.45) is 5.92 Å². The van der Waals surface area contributed by atoms with Gasteiger partial charge in [-0.25, -0.2) is 15.0 Å². The standard InChI is InChI=1S/C30H34N6O4S/c1-19-14-36(15-21-12-31-18-32-13-21)20(2)17-40-25-11-22(9-10-23(25)30(38)35(3)16-26(19)39-4)33-28(37)29-34-24-7-5-6-8-27(24)41-29/h5-13,18-20,26H,14-17H2,1-4H3,(H,33,37)/t19-,20-,26-/m0/s1. The van der Waals surface area contributed by atoms with Gasteiger partial charge in [0, 0.05) is 69.5 Å². The molecule has 0 saturated heterocycles. The first-order valence-electron chi connectivity index (χ1n) is 13.5. The minimum Gasteiger partial charge on any atom is -0.491 e. The predicted octanol–water partition coefficient (Wildman–Crippen LogP) is 4.34. The Labute approximate surface area is 243 Å². The number of ether oxygens (including phenoxy) is 2. The van der Waals surface area contributed by atoms with E-state index in [-0.39, 0.29) is 29.9 Å². The van der Waals surface area contributed by atoms with Gasteiger partial charge < -0.3 is 19.7 Å². The maximum atomic E-state index is 13.5.